The molecule has 6 aliphatic carbocycles. The van der Waals surface area contributed by atoms with Gasteiger partial charge in [-0.05, 0) is 0 Å². The Balaban J connectivity index is 1.93. The fourth-order valence-electron chi connectivity index (χ4n) is 5.67. The molecule has 1 heteroatoms. The Labute approximate surface area is 70.4 Å². The second-order valence-corrected chi connectivity index (χ2v) is 9.76. The molecule has 0 atom stereocenters. The zero-order valence-corrected chi connectivity index (χ0v) is 10.7. The van der Waals surface area contributed by atoms with Crippen LogP contribution in [0.3, 0.4) is 0 Å². The summed E-state index contributed by atoms with van der Waals surface area (Å²) in [6.07, 6.45) is 0. The monoisotopic (exact) mass is 305 g/mol. The Morgan fingerprint density at radius 3 is 1.44 bits per heavy atom. The summed E-state index contributed by atoms with van der Waals surface area (Å²) < 4.78 is 1.16. The molecule has 0 aromatic rings. The molecule has 9 heavy (non-hydrogen) atoms. The molecule has 0 spiro atoms. The van der Waals surface area contributed by atoms with Crippen molar-refractivity contribution in [2.75, 3.05) is 0 Å². The maximum atomic E-state index is 1.37. The van der Waals surface area contributed by atoms with Gasteiger partial charge in [0.1, 0.15) is 0 Å². The van der Waals surface area contributed by atoms with Gasteiger partial charge in [0.2, 0.25) is 0 Å². The molecule has 0 aromatic carbocycles. The Kier molecular flexibility index (Phi) is 0.327. The zero-order chi connectivity index (χ0) is 5.54. The molecule has 0 aliphatic heterocycles. The fraction of sp³-hybridized carbons (Fsp3) is 1.00. The normalized spacial score (nSPS) is 106. The summed E-state index contributed by atoms with van der Waals surface area (Å²) in [6.45, 7) is 0. The van der Waals surface area contributed by atoms with Gasteiger partial charge in [-0.3, -0.25) is 0 Å². The maximum absolute atomic E-state index is 1.37. The van der Waals surface area contributed by atoms with Crippen LogP contribution in [0.1, 0.15) is 0 Å². The average Bonchev–Trinajstić information content (AvgIpc) is 1.88. The van der Waals surface area contributed by atoms with Crippen LogP contribution in [0.25, 0.3) is 0 Å². The van der Waals surface area contributed by atoms with E-state index in [9.17, 15) is 0 Å². The summed E-state index contributed by atoms with van der Waals surface area (Å²) in [5.41, 5.74) is 0. The number of hydrogen-bond acceptors (Lipinski definition) is 0. The van der Waals surface area contributed by atoms with Crippen molar-refractivity contribution in [1.82, 2.24) is 0 Å². The third-order valence-electron chi connectivity index (χ3n) is 5.68. The van der Waals surface area contributed by atoms with E-state index in [0.29, 0.717) is 0 Å². The van der Waals surface area contributed by atoms with Crippen LogP contribution in [-0.2, 0) is 26.1 Å². The third-order valence-corrected chi connectivity index (χ3v) is 11.2. The first-order chi connectivity index (χ1) is 4.37. The molecule has 6 fully saturated rings. The molecular weight excluding hydrogens is 297 g/mol. The summed E-state index contributed by atoms with van der Waals surface area (Å²) in [5.74, 6) is 9.49. The molecule has 0 amide bonds. The molecule has 6 rings (SSSR count). The SMILES string of the molecule is [Hg][C]12C3C4C5C3C1C5C42. The molecule has 0 N–H and O–H groups in total. The van der Waals surface area contributed by atoms with Gasteiger partial charge in [0.15, 0.2) is 0 Å². The fourth-order valence-corrected chi connectivity index (χ4v) is 12.0. The van der Waals surface area contributed by atoms with Gasteiger partial charge in [0.25, 0.3) is 0 Å². The van der Waals surface area contributed by atoms with Crippen LogP contribution < -0.4 is 0 Å². The van der Waals surface area contributed by atoms with Crippen LogP contribution in [0, 0.1) is 41.4 Å². The second-order valence-electron chi connectivity index (χ2n) is 5.00. The van der Waals surface area contributed by atoms with Gasteiger partial charge in [-0.15, -0.1) is 0 Å². The third kappa shape index (κ3) is 0.142. The van der Waals surface area contributed by atoms with E-state index < -0.39 is 0 Å². The first-order valence-electron chi connectivity index (χ1n) is 4.22. The Morgan fingerprint density at radius 2 is 1.22 bits per heavy atom. The van der Waals surface area contributed by atoms with Crippen LogP contribution >= 0.6 is 0 Å². The quantitative estimate of drug-likeness (QED) is 0.587. The van der Waals surface area contributed by atoms with Crippen LogP contribution in [-0.4, -0.2) is 0 Å². The van der Waals surface area contributed by atoms with E-state index in [1.807, 2.05) is 0 Å². The van der Waals surface area contributed by atoms with Crippen molar-refractivity contribution < 1.29 is 26.1 Å². The summed E-state index contributed by atoms with van der Waals surface area (Å²) >= 11 is 1.15. The van der Waals surface area contributed by atoms with Crippen LogP contribution in [0.15, 0.2) is 0 Å². The van der Waals surface area contributed by atoms with Crippen molar-refractivity contribution in [2.45, 2.75) is 2.92 Å². The standard InChI is InChI=1S/C8H7.Hg/c1-2-5-3(1)7-4(1)6(2)8(5)7;/h1-7H;. The summed E-state index contributed by atoms with van der Waals surface area (Å²) in [7, 11) is 0. The van der Waals surface area contributed by atoms with Gasteiger partial charge in [-0.1, -0.05) is 0 Å². The van der Waals surface area contributed by atoms with Crippen LogP contribution in [0.4, 0.5) is 0 Å². The number of rotatable bonds is 0. The van der Waals surface area contributed by atoms with Crippen molar-refractivity contribution >= 4 is 0 Å². The molecule has 0 radical (unpaired) electrons. The molecule has 0 unspecified atom stereocenters. The van der Waals surface area contributed by atoms with Gasteiger partial charge in [-0.2, -0.15) is 0 Å². The van der Waals surface area contributed by atoms with Crippen molar-refractivity contribution in [3.63, 3.8) is 0 Å². The molecule has 41 valence electrons. The van der Waals surface area contributed by atoms with Crippen molar-refractivity contribution in [2.24, 2.45) is 41.4 Å². The number of hydrogen-bond donors (Lipinski definition) is 0. The van der Waals surface area contributed by atoms with Gasteiger partial charge in [0.05, 0.1) is 0 Å². The molecule has 6 saturated carbocycles. The van der Waals surface area contributed by atoms with E-state index in [0.717, 1.165) is 29.0 Å². The Hall–Kier alpha value is 0.935. The van der Waals surface area contributed by atoms with E-state index >= 15 is 0 Å². The van der Waals surface area contributed by atoms with Crippen LogP contribution in [0.5, 0.6) is 0 Å². The minimum atomic E-state index is 1.15. The van der Waals surface area contributed by atoms with E-state index in [1.165, 1.54) is 41.4 Å². The predicted octanol–water partition coefficient (Wildman–Crippen LogP) is 1.07. The predicted molar refractivity (Wildman–Crippen MR) is 27.1 cm³/mol. The molecule has 0 bridgehead atoms. The van der Waals surface area contributed by atoms with Gasteiger partial charge < -0.3 is 0 Å². The first kappa shape index (κ1) is 4.08. The summed E-state index contributed by atoms with van der Waals surface area (Å²) in [4.78, 5) is 0. The van der Waals surface area contributed by atoms with Crippen molar-refractivity contribution in [3.05, 3.63) is 0 Å². The molecule has 0 saturated heterocycles. The Bertz CT molecular complexity index is 206. The van der Waals surface area contributed by atoms with Crippen molar-refractivity contribution in [3.8, 4) is 0 Å². The first-order valence-corrected chi connectivity index (χ1v) is 6.97. The Morgan fingerprint density at radius 1 is 0.778 bits per heavy atom. The van der Waals surface area contributed by atoms with Gasteiger partial charge in [0, 0.05) is 0 Å². The molecule has 0 heterocycles. The summed E-state index contributed by atoms with van der Waals surface area (Å²) in [6, 6.07) is 0. The molecule has 6 aliphatic rings. The van der Waals surface area contributed by atoms with Crippen LogP contribution in [0.2, 0.25) is 2.92 Å². The molecule has 0 nitrogen and oxygen atoms in total. The van der Waals surface area contributed by atoms with Crippen molar-refractivity contribution in [1.29, 1.82) is 0 Å². The van der Waals surface area contributed by atoms with E-state index in [-0.39, 0.29) is 0 Å². The average molecular weight is 304 g/mol. The zero-order valence-electron chi connectivity index (χ0n) is 5.25. The van der Waals surface area contributed by atoms with E-state index in [4.69, 9.17) is 0 Å². The van der Waals surface area contributed by atoms with E-state index in [1.54, 1.807) is 0 Å². The second kappa shape index (κ2) is 0.721. The van der Waals surface area contributed by atoms with Gasteiger partial charge in [-0.25, -0.2) is 0 Å². The topological polar surface area (TPSA) is 0 Å². The van der Waals surface area contributed by atoms with Gasteiger partial charge >= 0.3 is 70.5 Å². The minimum absolute atomic E-state index is 1.15. The van der Waals surface area contributed by atoms with E-state index in [2.05, 4.69) is 0 Å². The molecular formula is C8H7Hg. The molecule has 0 aromatic heterocycles. The summed E-state index contributed by atoms with van der Waals surface area (Å²) in [5, 5.41) is 0.